The molecule has 0 aliphatic heterocycles. The lowest BCUT2D eigenvalue weighted by atomic mass is 10.0. The topological polar surface area (TPSA) is 26.0 Å². The molecule has 1 aromatic carbocycles. The number of nitrogens with two attached hydrogens (primary N) is 1. The molecular weight excluding hydrogens is 296 g/mol. The van der Waals surface area contributed by atoms with E-state index in [4.69, 9.17) is 5.73 Å². The highest BCUT2D eigenvalue weighted by molar-refractivity contribution is 9.10. The van der Waals surface area contributed by atoms with Gasteiger partial charge in [0, 0.05) is 11.6 Å². The van der Waals surface area contributed by atoms with Crippen molar-refractivity contribution < 1.29 is 8.78 Å². The summed E-state index contributed by atoms with van der Waals surface area (Å²) in [5, 5.41) is 0. The van der Waals surface area contributed by atoms with Crippen LogP contribution >= 0.6 is 27.7 Å². The molecule has 1 unspecified atom stereocenters. The molecule has 1 aromatic rings. The van der Waals surface area contributed by atoms with Gasteiger partial charge in [0.15, 0.2) is 0 Å². The number of hydrogen-bond donors (Lipinski definition) is 1. The number of benzene rings is 1. The Morgan fingerprint density at radius 1 is 1.44 bits per heavy atom. The molecule has 5 heteroatoms. The average molecular weight is 310 g/mol. The number of hydrogen-bond acceptors (Lipinski definition) is 2. The molecule has 1 atom stereocenters. The molecule has 0 heterocycles. The van der Waals surface area contributed by atoms with Crippen molar-refractivity contribution in [3.8, 4) is 0 Å². The van der Waals surface area contributed by atoms with E-state index in [1.54, 1.807) is 11.8 Å². The monoisotopic (exact) mass is 309 g/mol. The molecule has 90 valence electrons. The fraction of sp³-hybridized carbons (Fsp3) is 0.455. The average Bonchev–Trinajstić information content (AvgIpc) is 2.27. The van der Waals surface area contributed by atoms with Crippen LogP contribution in [0.1, 0.15) is 12.0 Å². The molecule has 1 rings (SSSR count). The summed E-state index contributed by atoms with van der Waals surface area (Å²) in [6, 6.07) is 2.41. The first-order valence-corrected chi connectivity index (χ1v) is 7.11. The normalized spacial score (nSPS) is 12.8. The minimum absolute atomic E-state index is 0.0722. The van der Waals surface area contributed by atoms with E-state index in [1.165, 1.54) is 12.1 Å². The molecule has 0 saturated heterocycles. The van der Waals surface area contributed by atoms with Crippen molar-refractivity contribution in [1.29, 1.82) is 0 Å². The molecule has 0 aliphatic carbocycles. The van der Waals surface area contributed by atoms with E-state index in [9.17, 15) is 8.78 Å². The summed E-state index contributed by atoms with van der Waals surface area (Å²) in [5.74, 6) is -0.168. The van der Waals surface area contributed by atoms with E-state index >= 15 is 0 Å². The van der Waals surface area contributed by atoms with Crippen LogP contribution in [-0.4, -0.2) is 18.1 Å². The van der Waals surface area contributed by atoms with Crippen molar-refractivity contribution in [2.24, 2.45) is 5.73 Å². The largest absolute Gasteiger partial charge is 0.327 e. The maximum absolute atomic E-state index is 13.6. The molecule has 0 aromatic heterocycles. The van der Waals surface area contributed by atoms with Crippen molar-refractivity contribution >= 4 is 27.7 Å². The molecule has 0 fully saturated rings. The maximum atomic E-state index is 13.6. The lowest BCUT2D eigenvalue weighted by molar-refractivity contribution is 0.528. The van der Waals surface area contributed by atoms with Crippen LogP contribution in [0.15, 0.2) is 16.6 Å². The predicted molar refractivity (Wildman–Crippen MR) is 68.7 cm³/mol. The van der Waals surface area contributed by atoms with Gasteiger partial charge in [-0.05, 0) is 52.9 Å². The number of thioether (sulfide) groups is 1. The first-order chi connectivity index (χ1) is 7.56. The Kier molecular flexibility index (Phi) is 5.72. The Labute approximate surface area is 107 Å². The van der Waals surface area contributed by atoms with Gasteiger partial charge in [-0.2, -0.15) is 11.8 Å². The smallest absolute Gasteiger partial charge is 0.143 e. The summed E-state index contributed by atoms with van der Waals surface area (Å²) in [6.07, 6.45) is 2.97. The summed E-state index contributed by atoms with van der Waals surface area (Å²) in [5.41, 5.74) is 5.89. The van der Waals surface area contributed by atoms with E-state index in [0.717, 1.165) is 12.2 Å². The van der Waals surface area contributed by atoms with E-state index in [-0.39, 0.29) is 22.5 Å². The van der Waals surface area contributed by atoms with Crippen molar-refractivity contribution in [2.75, 3.05) is 12.0 Å². The molecule has 2 N–H and O–H groups in total. The zero-order valence-corrected chi connectivity index (χ0v) is 11.4. The zero-order chi connectivity index (χ0) is 12.1. The first-order valence-electron chi connectivity index (χ1n) is 4.93. The predicted octanol–water partition coefficient (Wildman–Crippen LogP) is 3.35. The van der Waals surface area contributed by atoms with Gasteiger partial charge >= 0.3 is 0 Å². The van der Waals surface area contributed by atoms with Crippen LogP contribution < -0.4 is 5.73 Å². The SMILES string of the molecule is CSCCC(N)Cc1c(F)ccc(Br)c1F. The van der Waals surface area contributed by atoms with Gasteiger partial charge in [0.05, 0.1) is 4.47 Å². The van der Waals surface area contributed by atoms with Crippen molar-refractivity contribution in [3.05, 3.63) is 33.8 Å². The van der Waals surface area contributed by atoms with Crippen LogP contribution in [0.2, 0.25) is 0 Å². The molecule has 0 spiro atoms. The second-order valence-corrected chi connectivity index (χ2v) is 5.41. The Bertz CT molecular complexity index is 360. The third-order valence-corrected chi connectivity index (χ3v) is 3.55. The Hall–Kier alpha value is -0.130. The summed E-state index contributed by atoms with van der Waals surface area (Å²) < 4.78 is 27.3. The van der Waals surface area contributed by atoms with Crippen LogP contribution in [0, 0.1) is 11.6 Å². The standard InChI is InChI=1S/C11H14BrF2NS/c1-16-5-4-7(15)6-8-10(13)3-2-9(12)11(8)14/h2-3,7H,4-6,15H2,1H3. The van der Waals surface area contributed by atoms with Gasteiger partial charge < -0.3 is 5.73 Å². The van der Waals surface area contributed by atoms with Gasteiger partial charge in [-0.25, -0.2) is 8.78 Å². The number of rotatable bonds is 5. The van der Waals surface area contributed by atoms with Gasteiger partial charge in [-0.3, -0.25) is 0 Å². The van der Waals surface area contributed by atoms with Crippen LogP contribution in [0.25, 0.3) is 0 Å². The van der Waals surface area contributed by atoms with Gasteiger partial charge in [-0.15, -0.1) is 0 Å². The Balaban J connectivity index is 2.76. The highest BCUT2D eigenvalue weighted by atomic mass is 79.9. The van der Waals surface area contributed by atoms with Crippen molar-refractivity contribution in [2.45, 2.75) is 18.9 Å². The van der Waals surface area contributed by atoms with Crippen molar-refractivity contribution in [1.82, 2.24) is 0 Å². The van der Waals surface area contributed by atoms with Gasteiger partial charge in [0.25, 0.3) is 0 Å². The minimum atomic E-state index is -0.542. The summed E-state index contributed by atoms with van der Waals surface area (Å²) in [4.78, 5) is 0. The van der Waals surface area contributed by atoms with Crippen LogP contribution in [0.3, 0.4) is 0 Å². The van der Waals surface area contributed by atoms with Gasteiger partial charge in [0.2, 0.25) is 0 Å². The number of halogens is 3. The van der Waals surface area contributed by atoms with Crippen LogP contribution in [0.5, 0.6) is 0 Å². The van der Waals surface area contributed by atoms with Gasteiger partial charge in [-0.1, -0.05) is 0 Å². The highest BCUT2D eigenvalue weighted by Crippen LogP contribution is 2.23. The zero-order valence-electron chi connectivity index (χ0n) is 8.97. The van der Waals surface area contributed by atoms with Crippen LogP contribution in [-0.2, 0) is 6.42 Å². The summed E-state index contributed by atoms with van der Waals surface area (Å²) in [6.45, 7) is 0. The second kappa shape index (κ2) is 6.57. The van der Waals surface area contributed by atoms with Crippen LogP contribution in [0.4, 0.5) is 8.78 Å². The summed E-state index contributed by atoms with van der Waals surface area (Å²) >= 11 is 4.71. The van der Waals surface area contributed by atoms with E-state index in [1.807, 2.05) is 6.26 Å². The molecular formula is C11H14BrF2NS. The third-order valence-electron chi connectivity index (χ3n) is 2.30. The Morgan fingerprint density at radius 3 is 2.75 bits per heavy atom. The molecule has 0 saturated carbocycles. The first kappa shape index (κ1) is 13.9. The highest BCUT2D eigenvalue weighted by Gasteiger charge is 2.15. The molecule has 0 radical (unpaired) electrons. The minimum Gasteiger partial charge on any atom is -0.327 e. The molecule has 0 amide bonds. The lowest BCUT2D eigenvalue weighted by Crippen LogP contribution is -2.24. The molecule has 0 aliphatic rings. The summed E-state index contributed by atoms with van der Waals surface area (Å²) in [7, 11) is 0. The lowest BCUT2D eigenvalue weighted by Gasteiger charge is -2.12. The van der Waals surface area contributed by atoms with E-state index in [2.05, 4.69) is 15.9 Å². The maximum Gasteiger partial charge on any atom is 0.143 e. The molecule has 16 heavy (non-hydrogen) atoms. The Morgan fingerprint density at radius 2 is 2.12 bits per heavy atom. The van der Waals surface area contributed by atoms with Gasteiger partial charge in [0.1, 0.15) is 11.6 Å². The fourth-order valence-electron chi connectivity index (χ4n) is 1.39. The fourth-order valence-corrected chi connectivity index (χ4v) is 2.30. The second-order valence-electron chi connectivity index (χ2n) is 3.57. The van der Waals surface area contributed by atoms with E-state index in [0.29, 0.717) is 0 Å². The quantitative estimate of drug-likeness (QED) is 0.844. The van der Waals surface area contributed by atoms with E-state index < -0.39 is 11.6 Å². The third kappa shape index (κ3) is 3.71. The van der Waals surface area contributed by atoms with Crippen molar-refractivity contribution in [3.63, 3.8) is 0 Å². The molecule has 0 bridgehead atoms. The molecule has 1 nitrogen and oxygen atoms in total.